The summed E-state index contributed by atoms with van der Waals surface area (Å²) in [6.45, 7) is 3.43. The van der Waals surface area contributed by atoms with E-state index in [-0.39, 0.29) is 17.7 Å². The molecule has 0 bridgehead atoms. The van der Waals surface area contributed by atoms with Crippen molar-refractivity contribution in [3.05, 3.63) is 29.8 Å². The van der Waals surface area contributed by atoms with Crippen LogP contribution in [0.15, 0.2) is 29.2 Å². The molecule has 1 rings (SSSR count). The van der Waals surface area contributed by atoms with Crippen LogP contribution < -0.4 is 16.2 Å². The second-order valence-electron chi connectivity index (χ2n) is 5.61. The Morgan fingerprint density at radius 3 is 2.28 bits per heavy atom. The molecule has 0 fully saturated rings. The number of carbonyl (C=O) groups excluding carboxylic acids is 4. The van der Waals surface area contributed by atoms with Crippen LogP contribution in [0.2, 0.25) is 0 Å². The smallest absolute Gasteiger partial charge is 0.327 e. The van der Waals surface area contributed by atoms with Gasteiger partial charge in [-0.15, -0.1) is 11.8 Å². The zero-order valence-electron chi connectivity index (χ0n) is 14.6. The summed E-state index contributed by atoms with van der Waals surface area (Å²) in [5, 5.41) is 2.41. The molecule has 0 saturated carbocycles. The van der Waals surface area contributed by atoms with Gasteiger partial charge in [0.05, 0.1) is 11.3 Å². The first-order valence-corrected chi connectivity index (χ1v) is 8.54. The number of benzene rings is 1. The summed E-state index contributed by atoms with van der Waals surface area (Å²) in [5.74, 6) is -2.28. The van der Waals surface area contributed by atoms with Crippen LogP contribution in [0.5, 0.6) is 0 Å². The molecule has 4 amide bonds. The number of nitrogens with zero attached hydrogens (tertiary/aromatic N) is 1. The van der Waals surface area contributed by atoms with E-state index in [9.17, 15) is 19.2 Å². The van der Waals surface area contributed by atoms with Crippen molar-refractivity contribution in [1.82, 2.24) is 21.1 Å². The third kappa shape index (κ3) is 6.84. The lowest BCUT2D eigenvalue weighted by atomic mass is 10.2. The van der Waals surface area contributed by atoms with E-state index >= 15 is 0 Å². The van der Waals surface area contributed by atoms with E-state index in [4.69, 9.17) is 0 Å². The highest BCUT2D eigenvalue weighted by atomic mass is 32.2. The lowest BCUT2D eigenvalue weighted by molar-refractivity contribution is -0.139. The molecule has 9 heteroatoms. The highest BCUT2D eigenvalue weighted by Gasteiger charge is 2.17. The van der Waals surface area contributed by atoms with E-state index < -0.39 is 17.7 Å². The van der Waals surface area contributed by atoms with Crippen LogP contribution in [0.4, 0.5) is 0 Å². The van der Waals surface area contributed by atoms with Crippen molar-refractivity contribution in [1.29, 1.82) is 0 Å². The summed E-state index contributed by atoms with van der Waals surface area (Å²) in [6.07, 6.45) is 0. The molecule has 25 heavy (non-hydrogen) atoms. The van der Waals surface area contributed by atoms with Crippen molar-refractivity contribution in [2.24, 2.45) is 0 Å². The number of hydrogen-bond acceptors (Lipinski definition) is 5. The molecule has 1 aromatic carbocycles. The minimum Gasteiger partial charge on any atom is -0.348 e. The Labute approximate surface area is 150 Å². The van der Waals surface area contributed by atoms with Crippen LogP contribution in [-0.4, -0.2) is 54.4 Å². The molecule has 0 atom stereocenters. The Morgan fingerprint density at radius 1 is 1.04 bits per heavy atom. The lowest BCUT2D eigenvalue weighted by Crippen LogP contribution is -2.49. The number of carbonyl (C=O) groups is 4. The maximum atomic E-state index is 12.2. The minimum absolute atomic E-state index is 0.0844. The van der Waals surface area contributed by atoms with Gasteiger partial charge in [0.15, 0.2) is 0 Å². The molecule has 0 aliphatic rings. The Bertz CT molecular complexity index is 661. The number of rotatable bonds is 5. The SMILES string of the molecule is CC(C)NC(=O)C(=O)NNC(=O)c1ccccc1SCC(=O)N(C)C. The maximum absolute atomic E-state index is 12.2. The van der Waals surface area contributed by atoms with Crippen molar-refractivity contribution in [2.75, 3.05) is 19.8 Å². The molecular formula is C16H22N4O4S. The first-order valence-electron chi connectivity index (χ1n) is 7.55. The fraction of sp³-hybridized carbons (Fsp3) is 0.375. The Morgan fingerprint density at radius 2 is 1.68 bits per heavy atom. The van der Waals surface area contributed by atoms with Gasteiger partial charge in [0.1, 0.15) is 0 Å². The zero-order chi connectivity index (χ0) is 19.0. The molecule has 0 aliphatic heterocycles. The Hall–Kier alpha value is -2.55. The van der Waals surface area contributed by atoms with Crippen molar-refractivity contribution in [3.63, 3.8) is 0 Å². The third-order valence-corrected chi connectivity index (χ3v) is 3.96. The first-order chi connectivity index (χ1) is 11.7. The van der Waals surface area contributed by atoms with Crippen LogP contribution in [0, 0.1) is 0 Å². The summed E-state index contributed by atoms with van der Waals surface area (Å²) >= 11 is 1.22. The van der Waals surface area contributed by atoms with Gasteiger partial charge < -0.3 is 10.2 Å². The number of nitrogens with one attached hydrogen (secondary N) is 3. The Balaban J connectivity index is 2.68. The van der Waals surface area contributed by atoms with Gasteiger partial charge in [-0.05, 0) is 26.0 Å². The minimum atomic E-state index is -0.963. The number of amides is 4. The number of hydrogen-bond donors (Lipinski definition) is 3. The highest BCUT2D eigenvalue weighted by Crippen LogP contribution is 2.22. The number of hydrazine groups is 1. The molecule has 8 nitrogen and oxygen atoms in total. The molecule has 0 aromatic heterocycles. The molecule has 0 heterocycles. The maximum Gasteiger partial charge on any atom is 0.327 e. The van der Waals surface area contributed by atoms with Crippen LogP contribution in [0.3, 0.4) is 0 Å². The first kappa shape index (κ1) is 20.5. The molecule has 0 unspecified atom stereocenters. The molecule has 0 saturated heterocycles. The molecule has 0 radical (unpaired) electrons. The fourth-order valence-corrected chi connectivity index (χ4v) is 2.64. The predicted octanol–water partition coefficient (Wildman–Crippen LogP) is 0.153. The molecule has 3 N–H and O–H groups in total. The summed E-state index contributed by atoms with van der Waals surface area (Å²) in [4.78, 5) is 49.0. The Kier molecular flexibility index (Phi) is 7.93. The third-order valence-electron chi connectivity index (χ3n) is 2.90. The summed E-state index contributed by atoms with van der Waals surface area (Å²) in [7, 11) is 3.30. The molecule has 136 valence electrons. The second-order valence-corrected chi connectivity index (χ2v) is 6.63. The van der Waals surface area contributed by atoms with E-state index in [1.165, 1.54) is 16.7 Å². The largest absolute Gasteiger partial charge is 0.348 e. The van der Waals surface area contributed by atoms with Crippen LogP contribution in [0.1, 0.15) is 24.2 Å². The van der Waals surface area contributed by atoms with Gasteiger partial charge in [-0.3, -0.25) is 30.0 Å². The highest BCUT2D eigenvalue weighted by molar-refractivity contribution is 8.00. The molecular weight excluding hydrogens is 344 g/mol. The average Bonchev–Trinajstić information content (AvgIpc) is 2.56. The standard InChI is InChI=1S/C16H22N4O4S/c1-10(2)17-15(23)16(24)19-18-14(22)11-7-5-6-8-12(11)25-9-13(21)20(3)4/h5-8,10H,9H2,1-4H3,(H,17,23)(H,18,22)(H,19,24). The van der Waals surface area contributed by atoms with E-state index in [1.54, 1.807) is 52.2 Å². The van der Waals surface area contributed by atoms with Gasteiger partial charge in [-0.25, -0.2) is 0 Å². The van der Waals surface area contributed by atoms with E-state index in [1.807, 2.05) is 0 Å². The quantitative estimate of drug-likeness (QED) is 0.391. The van der Waals surface area contributed by atoms with Crippen molar-refractivity contribution in [3.8, 4) is 0 Å². The monoisotopic (exact) mass is 366 g/mol. The summed E-state index contributed by atoms with van der Waals surface area (Å²) < 4.78 is 0. The number of thioether (sulfide) groups is 1. The second kappa shape index (κ2) is 9.67. The topological polar surface area (TPSA) is 108 Å². The van der Waals surface area contributed by atoms with Gasteiger partial charge in [0, 0.05) is 25.0 Å². The molecule has 1 aromatic rings. The van der Waals surface area contributed by atoms with Crippen LogP contribution in [-0.2, 0) is 14.4 Å². The van der Waals surface area contributed by atoms with Gasteiger partial charge in [-0.2, -0.15) is 0 Å². The van der Waals surface area contributed by atoms with Gasteiger partial charge in [-0.1, -0.05) is 12.1 Å². The average molecular weight is 366 g/mol. The predicted molar refractivity (Wildman–Crippen MR) is 94.7 cm³/mol. The fourth-order valence-electron chi connectivity index (χ4n) is 1.61. The van der Waals surface area contributed by atoms with Crippen molar-refractivity contribution >= 4 is 35.4 Å². The van der Waals surface area contributed by atoms with Crippen LogP contribution >= 0.6 is 11.8 Å². The van der Waals surface area contributed by atoms with Crippen LogP contribution in [0.25, 0.3) is 0 Å². The van der Waals surface area contributed by atoms with Gasteiger partial charge >= 0.3 is 11.8 Å². The van der Waals surface area contributed by atoms with E-state index in [0.717, 1.165) is 0 Å². The van der Waals surface area contributed by atoms with E-state index in [0.29, 0.717) is 10.5 Å². The molecule has 0 spiro atoms. The van der Waals surface area contributed by atoms with Gasteiger partial charge in [0.2, 0.25) is 5.91 Å². The van der Waals surface area contributed by atoms with Gasteiger partial charge in [0.25, 0.3) is 5.91 Å². The van der Waals surface area contributed by atoms with Crippen molar-refractivity contribution in [2.45, 2.75) is 24.8 Å². The molecule has 0 aliphatic carbocycles. The summed E-state index contributed by atoms with van der Waals surface area (Å²) in [5.41, 5.74) is 4.55. The van der Waals surface area contributed by atoms with Crippen molar-refractivity contribution < 1.29 is 19.2 Å². The van der Waals surface area contributed by atoms with E-state index in [2.05, 4.69) is 16.2 Å². The summed E-state index contributed by atoms with van der Waals surface area (Å²) in [6, 6.07) is 6.49. The normalized spacial score (nSPS) is 10.1. The lowest BCUT2D eigenvalue weighted by Gasteiger charge is -2.13. The zero-order valence-corrected chi connectivity index (χ0v) is 15.4.